The van der Waals surface area contributed by atoms with E-state index in [0.29, 0.717) is 17.4 Å². The van der Waals surface area contributed by atoms with Crippen LogP contribution in [0.5, 0.6) is 0 Å². The van der Waals surface area contributed by atoms with Crippen molar-refractivity contribution in [1.82, 2.24) is 15.0 Å². The number of rotatable bonds is 5. The largest absolute Gasteiger partial charge is 0.282 e. The van der Waals surface area contributed by atoms with Crippen LogP contribution in [0.2, 0.25) is 0 Å². The molecule has 3 rings (SSSR count). The highest BCUT2D eigenvalue weighted by molar-refractivity contribution is 5.98. The van der Waals surface area contributed by atoms with Crippen molar-refractivity contribution in [2.75, 3.05) is 5.43 Å². The van der Waals surface area contributed by atoms with Gasteiger partial charge in [0.15, 0.2) is 0 Å². The first-order valence-corrected chi connectivity index (χ1v) is 7.82. The second kappa shape index (κ2) is 7.01. The number of nitrogens with zero attached hydrogens (tertiary/aromatic N) is 3. The van der Waals surface area contributed by atoms with Gasteiger partial charge in [-0.25, -0.2) is 4.98 Å². The molecule has 1 amide bonds. The van der Waals surface area contributed by atoms with Crippen LogP contribution in [0.1, 0.15) is 17.3 Å². The Morgan fingerprint density at radius 1 is 1.19 bits per heavy atom. The predicted molar refractivity (Wildman–Crippen MR) is 95.9 cm³/mol. The Labute approximate surface area is 147 Å². The van der Waals surface area contributed by atoms with Crippen molar-refractivity contribution in [2.45, 2.75) is 13.5 Å². The topological polar surface area (TPSA) is 119 Å². The molecule has 0 spiro atoms. The first kappa shape index (κ1) is 17.1. The maximum absolute atomic E-state index is 12.5. The van der Waals surface area contributed by atoms with Crippen LogP contribution in [0.25, 0.3) is 10.9 Å². The summed E-state index contributed by atoms with van der Waals surface area (Å²) in [7, 11) is 0. The van der Waals surface area contributed by atoms with Gasteiger partial charge in [-0.3, -0.25) is 35.1 Å². The Hall–Kier alpha value is -3.75. The molecule has 0 aliphatic rings. The van der Waals surface area contributed by atoms with Gasteiger partial charge in [0.1, 0.15) is 5.56 Å². The van der Waals surface area contributed by atoms with Crippen LogP contribution in [0.4, 0.5) is 11.6 Å². The van der Waals surface area contributed by atoms with Crippen LogP contribution in [-0.2, 0) is 6.54 Å². The summed E-state index contributed by atoms with van der Waals surface area (Å²) in [4.78, 5) is 39.6. The van der Waals surface area contributed by atoms with Gasteiger partial charge in [0.2, 0.25) is 5.95 Å². The van der Waals surface area contributed by atoms with Gasteiger partial charge in [0.25, 0.3) is 17.2 Å². The van der Waals surface area contributed by atoms with Gasteiger partial charge in [-0.15, -0.1) is 0 Å². The van der Waals surface area contributed by atoms with Gasteiger partial charge in [-0.2, -0.15) is 0 Å². The highest BCUT2D eigenvalue weighted by Gasteiger charge is 2.19. The number of anilines is 1. The lowest BCUT2D eigenvalue weighted by Gasteiger charge is -2.14. The molecule has 0 aliphatic heterocycles. The molecular formula is C17H15N5O4. The zero-order chi connectivity index (χ0) is 18.7. The summed E-state index contributed by atoms with van der Waals surface area (Å²) in [6, 6.07) is 12.4. The Balaban J connectivity index is 1.92. The fraction of sp³-hybridized carbons (Fsp3) is 0.118. The van der Waals surface area contributed by atoms with E-state index in [2.05, 4.69) is 15.8 Å². The molecule has 9 heteroatoms. The summed E-state index contributed by atoms with van der Waals surface area (Å²) in [6.07, 6.45) is 0. The quantitative estimate of drug-likeness (QED) is 0.535. The first-order valence-electron chi connectivity index (χ1n) is 7.82. The van der Waals surface area contributed by atoms with Gasteiger partial charge in [0, 0.05) is 12.6 Å². The van der Waals surface area contributed by atoms with E-state index in [9.17, 15) is 19.7 Å². The molecule has 0 atom stereocenters. The lowest BCUT2D eigenvalue weighted by atomic mass is 10.2. The molecule has 26 heavy (non-hydrogen) atoms. The van der Waals surface area contributed by atoms with E-state index in [1.165, 1.54) is 28.8 Å². The molecule has 1 aromatic heterocycles. The Morgan fingerprint density at radius 3 is 2.62 bits per heavy atom. The van der Waals surface area contributed by atoms with Crippen molar-refractivity contribution in [2.24, 2.45) is 0 Å². The van der Waals surface area contributed by atoms with Gasteiger partial charge < -0.3 is 0 Å². The van der Waals surface area contributed by atoms with Crippen LogP contribution in [-0.4, -0.2) is 20.4 Å². The monoisotopic (exact) mass is 353 g/mol. The van der Waals surface area contributed by atoms with Gasteiger partial charge in [-0.05, 0) is 25.1 Å². The Morgan fingerprint density at radius 2 is 1.88 bits per heavy atom. The number of carbonyl (C=O) groups excluding carboxylic acids is 1. The number of fused-ring (bicyclic) bond motifs is 1. The third-order valence-electron chi connectivity index (χ3n) is 3.81. The van der Waals surface area contributed by atoms with Crippen molar-refractivity contribution in [3.05, 3.63) is 74.6 Å². The van der Waals surface area contributed by atoms with E-state index in [4.69, 9.17) is 0 Å². The summed E-state index contributed by atoms with van der Waals surface area (Å²) in [5.74, 6) is -0.564. The highest BCUT2D eigenvalue weighted by Crippen LogP contribution is 2.17. The molecule has 0 fully saturated rings. The van der Waals surface area contributed by atoms with Gasteiger partial charge in [-0.1, -0.05) is 24.3 Å². The maximum atomic E-state index is 12.5. The number of nitro groups is 1. The van der Waals surface area contributed by atoms with Crippen molar-refractivity contribution in [1.29, 1.82) is 0 Å². The van der Waals surface area contributed by atoms with Crippen molar-refractivity contribution in [3.63, 3.8) is 0 Å². The molecule has 3 aromatic rings. The lowest BCUT2D eigenvalue weighted by Crippen LogP contribution is -2.34. The second-order valence-electron chi connectivity index (χ2n) is 5.36. The number of benzene rings is 2. The number of hydrogen-bond acceptors (Lipinski definition) is 6. The molecule has 0 unspecified atom stereocenters. The SMILES string of the molecule is CCn1c(NNC(=O)c2ccccc2[N+](=O)[O-])nc2ccccc2c1=O. The third kappa shape index (κ3) is 3.09. The molecule has 1 heterocycles. The summed E-state index contributed by atoms with van der Waals surface area (Å²) in [5, 5.41) is 11.5. The molecule has 2 aromatic carbocycles. The Kier molecular flexibility index (Phi) is 4.61. The number of nitro benzene ring substituents is 1. The summed E-state index contributed by atoms with van der Waals surface area (Å²) < 4.78 is 1.36. The number of aromatic nitrogens is 2. The number of nitrogens with one attached hydrogen (secondary N) is 2. The molecule has 132 valence electrons. The Bertz CT molecular complexity index is 1060. The first-order chi connectivity index (χ1) is 12.5. The second-order valence-corrected chi connectivity index (χ2v) is 5.36. The fourth-order valence-corrected chi connectivity index (χ4v) is 2.56. The standard InChI is InChI=1S/C17H15N5O4/c1-2-21-16(24)11-7-3-5-9-13(11)18-17(21)20-19-15(23)12-8-4-6-10-14(12)22(25)26/h3-10H,2H2,1H3,(H,18,20)(H,19,23). The number of amides is 1. The number of hydrogen-bond donors (Lipinski definition) is 2. The van der Waals surface area contributed by atoms with Crippen LogP contribution in [0.3, 0.4) is 0 Å². The molecule has 0 bridgehead atoms. The zero-order valence-corrected chi connectivity index (χ0v) is 13.8. The number of para-hydroxylation sites is 2. The predicted octanol–water partition coefficient (Wildman–Crippen LogP) is 2.08. The molecule has 0 saturated carbocycles. The smallest absolute Gasteiger partial charge is 0.277 e. The van der Waals surface area contributed by atoms with Crippen LogP contribution < -0.4 is 16.4 Å². The third-order valence-corrected chi connectivity index (χ3v) is 3.81. The van der Waals surface area contributed by atoms with Crippen molar-refractivity contribution < 1.29 is 9.72 Å². The number of hydrazine groups is 1. The van der Waals surface area contributed by atoms with E-state index in [-0.39, 0.29) is 22.8 Å². The summed E-state index contributed by atoms with van der Waals surface area (Å²) in [5.41, 5.74) is 4.77. The van der Waals surface area contributed by atoms with Crippen molar-refractivity contribution in [3.8, 4) is 0 Å². The van der Waals surface area contributed by atoms with E-state index < -0.39 is 10.8 Å². The molecule has 0 radical (unpaired) electrons. The van der Waals surface area contributed by atoms with E-state index in [1.807, 2.05) is 0 Å². The summed E-state index contributed by atoms with van der Waals surface area (Å²) >= 11 is 0. The van der Waals surface area contributed by atoms with E-state index in [0.717, 1.165) is 0 Å². The fourth-order valence-electron chi connectivity index (χ4n) is 2.56. The van der Waals surface area contributed by atoms with Crippen LogP contribution >= 0.6 is 0 Å². The van der Waals surface area contributed by atoms with Gasteiger partial charge >= 0.3 is 0 Å². The van der Waals surface area contributed by atoms with Crippen LogP contribution in [0, 0.1) is 10.1 Å². The van der Waals surface area contributed by atoms with Crippen molar-refractivity contribution >= 4 is 28.4 Å². The molecule has 9 nitrogen and oxygen atoms in total. The van der Waals surface area contributed by atoms with Gasteiger partial charge in [0.05, 0.1) is 15.8 Å². The van der Waals surface area contributed by atoms with E-state index >= 15 is 0 Å². The number of carbonyl (C=O) groups is 1. The minimum absolute atomic E-state index is 0.101. The summed E-state index contributed by atoms with van der Waals surface area (Å²) in [6.45, 7) is 2.10. The maximum Gasteiger partial charge on any atom is 0.282 e. The zero-order valence-electron chi connectivity index (χ0n) is 13.8. The average Bonchev–Trinajstić information content (AvgIpc) is 2.66. The minimum atomic E-state index is -0.706. The molecule has 0 saturated heterocycles. The highest BCUT2D eigenvalue weighted by atomic mass is 16.6. The van der Waals surface area contributed by atoms with Crippen LogP contribution in [0.15, 0.2) is 53.3 Å². The molecule has 2 N–H and O–H groups in total. The lowest BCUT2D eigenvalue weighted by molar-refractivity contribution is -0.385. The molecule has 0 aliphatic carbocycles. The average molecular weight is 353 g/mol. The van der Waals surface area contributed by atoms with E-state index in [1.54, 1.807) is 31.2 Å². The normalized spacial score (nSPS) is 10.5. The minimum Gasteiger partial charge on any atom is -0.277 e. The molecular weight excluding hydrogens is 338 g/mol.